The first-order chi connectivity index (χ1) is 9.22. The molecule has 0 saturated carbocycles. The van der Waals surface area contributed by atoms with E-state index >= 15 is 0 Å². The molecule has 0 aliphatic carbocycles. The van der Waals surface area contributed by atoms with E-state index in [4.69, 9.17) is 0 Å². The minimum atomic E-state index is -4.51. The van der Waals surface area contributed by atoms with E-state index in [2.05, 4.69) is 4.99 Å². The van der Waals surface area contributed by atoms with Crippen LogP contribution >= 0.6 is 0 Å². The first-order valence-electron chi connectivity index (χ1n) is 6.72. The van der Waals surface area contributed by atoms with E-state index in [0.717, 1.165) is 5.56 Å². The molecule has 1 rings (SSSR count). The smallest absolute Gasteiger partial charge is 0.426 e. The summed E-state index contributed by atoms with van der Waals surface area (Å²) >= 11 is 0. The zero-order valence-corrected chi connectivity index (χ0v) is 13.3. The molecule has 0 fully saturated rings. The lowest BCUT2D eigenvalue weighted by molar-refractivity contribution is -0.0535. The van der Waals surface area contributed by atoms with E-state index in [9.17, 15) is 18.3 Å². The topological polar surface area (TPSA) is 32.6 Å². The van der Waals surface area contributed by atoms with Gasteiger partial charge in [-0.25, -0.2) is 4.99 Å². The standard InChI is InChI=1S/C16H22F3NO/c1-14(2,3)10-7-11(15(4,5)6)13(21)12(8-10)20-9-16(17,18)19/h7-9,21H,1-6H3/b20-9-. The molecule has 118 valence electrons. The maximum absolute atomic E-state index is 12.3. The molecule has 0 atom stereocenters. The molecule has 0 aliphatic rings. The lowest BCUT2D eigenvalue weighted by Gasteiger charge is -2.26. The van der Waals surface area contributed by atoms with Crippen LogP contribution in [-0.4, -0.2) is 17.5 Å². The van der Waals surface area contributed by atoms with E-state index in [0.29, 0.717) is 5.56 Å². The lowest BCUT2D eigenvalue weighted by atomic mass is 9.80. The SMILES string of the molecule is CC(C)(C)c1cc(/N=C\C(F)(F)F)c(O)c(C(C)(C)C)c1. The second kappa shape index (κ2) is 5.35. The van der Waals surface area contributed by atoms with Crippen LogP contribution in [0.2, 0.25) is 0 Å². The monoisotopic (exact) mass is 301 g/mol. The molecule has 0 aromatic heterocycles. The molecule has 0 radical (unpaired) electrons. The number of hydrogen-bond acceptors (Lipinski definition) is 2. The van der Waals surface area contributed by atoms with Crippen molar-refractivity contribution in [3.05, 3.63) is 23.3 Å². The fourth-order valence-corrected chi connectivity index (χ4v) is 1.87. The number of aromatic hydroxyl groups is 1. The number of hydrogen-bond donors (Lipinski definition) is 1. The average Bonchev–Trinajstić information content (AvgIpc) is 2.23. The van der Waals surface area contributed by atoms with Gasteiger partial charge in [-0.05, 0) is 22.5 Å². The normalized spacial score (nSPS) is 14.0. The minimum absolute atomic E-state index is 0.0512. The second-order valence-electron chi connectivity index (χ2n) is 7.19. The predicted molar refractivity (Wildman–Crippen MR) is 79.7 cm³/mol. The van der Waals surface area contributed by atoms with Gasteiger partial charge in [0.15, 0.2) is 0 Å². The fraction of sp³-hybridized carbons (Fsp3) is 0.562. The van der Waals surface area contributed by atoms with Gasteiger partial charge in [0.2, 0.25) is 0 Å². The summed E-state index contributed by atoms with van der Waals surface area (Å²) in [6.07, 6.45) is -4.60. The highest BCUT2D eigenvalue weighted by atomic mass is 19.4. The van der Waals surface area contributed by atoms with Crippen molar-refractivity contribution in [3.8, 4) is 5.75 Å². The Morgan fingerprint density at radius 2 is 1.48 bits per heavy atom. The van der Waals surface area contributed by atoms with Crippen molar-refractivity contribution >= 4 is 11.9 Å². The average molecular weight is 301 g/mol. The van der Waals surface area contributed by atoms with Crippen molar-refractivity contribution in [2.24, 2.45) is 4.99 Å². The maximum Gasteiger partial charge on any atom is 0.426 e. The van der Waals surface area contributed by atoms with Gasteiger partial charge in [-0.1, -0.05) is 47.6 Å². The highest BCUT2D eigenvalue weighted by molar-refractivity contribution is 5.72. The molecule has 1 N–H and O–H groups in total. The van der Waals surface area contributed by atoms with Crippen molar-refractivity contribution < 1.29 is 18.3 Å². The number of phenolic OH excluding ortho intramolecular Hbond substituents is 1. The molecule has 0 saturated heterocycles. The van der Waals surface area contributed by atoms with Gasteiger partial charge in [0.25, 0.3) is 0 Å². The van der Waals surface area contributed by atoms with E-state index in [1.54, 1.807) is 0 Å². The number of halogens is 3. The number of alkyl halides is 3. The fourth-order valence-electron chi connectivity index (χ4n) is 1.87. The number of benzene rings is 1. The number of rotatable bonds is 1. The van der Waals surface area contributed by atoms with E-state index in [1.165, 1.54) is 6.07 Å². The van der Waals surface area contributed by atoms with Crippen molar-refractivity contribution in [2.75, 3.05) is 0 Å². The van der Waals surface area contributed by atoms with Gasteiger partial charge in [0, 0.05) is 5.56 Å². The van der Waals surface area contributed by atoms with E-state index < -0.39 is 11.6 Å². The Hall–Kier alpha value is -1.52. The van der Waals surface area contributed by atoms with Gasteiger partial charge in [-0.15, -0.1) is 0 Å². The van der Waals surface area contributed by atoms with Gasteiger partial charge >= 0.3 is 6.18 Å². The van der Waals surface area contributed by atoms with Crippen LogP contribution in [0.25, 0.3) is 0 Å². The zero-order chi connectivity index (χ0) is 16.6. The molecular formula is C16H22F3NO. The van der Waals surface area contributed by atoms with Crippen molar-refractivity contribution in [1.82, 2.24) is 0 Å². The molecule has 0 spiro atoms. The van der Waals surface area contributed by atoms with Crippen LogP contribution in [0.1, 0.15) is 52.7 Å². The third-order valence-electron chi connectivity index (χ3n) is 3.11. The first kappa shape index (κ1) is 17.5. The Balaban J connectivity index is 3.53. The maximum atomic E-state index is 12.3. The van der Waals surface area contributed by atoms with Gasteiger partial charge in [0.1, 0.15) is 17.7 Å². The predicted octanol–water partition coefficient (Wildman–Crippen LogP) is 5.25. The lowest BCUT2D eigenvalue weighted by Crippen LogP contribution is -2.16. The molecule has 0 unspecified atom stereocenters. The summed E-state index contributed by atoms with van der Waals surface area (Å²) in [7, 11) is 0. The minimum Gasteiger partial charge on any atom is -0.505 e. The van der Waals surface area contributed by atoms with Crippen molar-refractivity contribution in [2.45, 2.75) is 58.5 Å². The van der Waals surface area contributed by atoms with Crippen LogP contribution in [0, 0.1) is 0 Å². The third-order valence-corrected chi connectivity index (χ3v) is 3.11. The largest absolute Gasteiger partial charge is 0.505 e. The molecule has 21 heavy (non-hydrogen) atoms. The van der Waals surface area contributed by atoms with Gasteiger partial charge < -0.3 is 5.11 Å². The summed E-state index contributed by atoms with van der Waals surface area (Å²) in [6.45, 7) is 11.6. The Labute approximate surface area is 123 Å². The van der Waals surface area contributed by atoms with Crippen LogP contribution in [0.5, 0.6) is 5.75 Å². The van der Waals surface area contributed by atoms with E-state index in [-0.39, 0.29) is 23.1 Å². The molecule has 0 aliphatic heterocycles. The third kappa shape index (κ3) is 4.76. The molecule has 5 heteroatoms. The quantitative estimate of drug-likeness (QED) is 0.706. The molecule has 0 amide bonds. The van der Waals surface area contributed by atoms with Crippen LogP contribution in [0.3, 0.4) is 0 Å². The summed E-state index contributed by atoms with van der Waals surface area (Å²) in [4.78, 5) is 3.43. The van der Waals surface area contributed by atoms with E-state index in [1.807, 2.05) is 47.6 Å². The Kier molecular flexibility index (Phi) is 4.47. The summed E-state index contributed by atoms with van der Waals surface area (Å²) in [6, 6.07) is 3.34. The highest BCUT2D eigenvalue weighted by Gasteiger charge is 2.27. The van der Waals surface area contributed by atoms with Crippen molar-refractivity contribution in [1.29, 1.82) is 0 Å². The molecule has 0 bridgehead atoms. The Bertz CT molecular complexity index is 546. The summed E-state index contributed by atoms with van der Waals surface area (Å²) in [5, 5.41) is 10.2. The summed E-state index contributed by atoms with van der Waals surface area (Å²) in [5.41, 5.74) is 0.720. The molecular weight excluding hydrogens is 279 g/mol. The molecule has 1 aromatic rings. The van der Waals surface area contributed by atoms with Crippen LogP contribution in [0.15, 0.2) is 17.1 Å². The van der Waals surface area contributed by atoms with Crippen molar-refractivity contribution in [3.63, 3.8) is 0 Å². The molecule has 2 nitrogen and oxygen atoms in total. The summed E-state index contributed by atoms with van der Waals surface area (Å²) in [5.74, 6) is -0.198. The number of aliphatic imine (C=N–C) groups is 1. The van der Waals surface area contributed by atoms with Gasteiger partial charge in [-0.3, -0.25) is 0 Å². The number of phenols is 1. The highest BCUT2D eigenvalue weighted by Crippen LogP contribution is 2.41. The number of nitrogens with zero attached hydrogens (tertiary/aromatic N) is 1. The van der Waals surface area contributed by atoms with Crippen LogP contribution < -0.4 is 0 Å². The molecule has 1 aromatic carbocycles. The van der Waals surface area contributed by atoms with Crippen LogP contribution in [-0.2, 0) is 10.8 Å². The van der Waals surface area contributed by atoms with Gasteiger partial charge in [0.05, 0.1) is 0 Å². The molecule has 0 heterocycles. The van der Waals surface area contributed by atoms with Gasteiger partial charge in [-0.2, -0.15) is 13.2 Å². The Morgan fingerprint density at radius 1 is 0.952 bits per heavy atom. The second-order valence-corrected chi connectivity index (χ2v) is 7.19. The van der Waals surface area contributed by atoms with Crippen LogP contribution in [0.4, 0.5) is 18.9 Å². The first-order valence-corrected chi connectivity index (χ1v) is 6.72. The zero-order valence-electron chi connectivity index (χ0n) is 13.3. The Morgan fingerprint density at radius 3 is 1.86 bits per heavy atom. The summed E-state index contributed by atoms with van der Waals surface area (Å²) < 4.78 is 36.9.